The van der Waals surface area contributed by atoms with Crippen LogP contribution in [0.1, 0.15) is 36.4 Å². The van der Waals surface area contributed by atoms with Crippen LogP contribution >= 0.6 is 0 Å². The maximum absolute atomic E-state index is 13.3. The van der Waals surface area contributed by atoms with Gasteiger partial charge in [0.15, 0.2) is 0 Å². The molecular formula is C10H11F2N. The molecule has 2 N–H and O–H groups in total. The molecule has 0 saturated carbocycles. The van der Waals surface area contributed by atoms with E-state index in [2.05, 4.69) is 0 Å². The van der Waals surface area contributed by atoms with Crippen LogP contribution in [0.5, 0.6) is 0 Å². The summed E-state index contributed by atoms with van der Waals surface area (Å²) in [5.74, 6) is -0.689. The molecule has 0 amide bonds. The summed E-state index contributed by atoms with van der Waals surface area (Å²) in [7, 11) is 0. The third-order valence-electron chi connectivity index (χ3n) is 2.65. The van der Waals surface area contributed by atoms with E-state index in [1.165, 1.54) is 6.07 Å². The highest BCUT2D eigenvalue weighted by molar-refractivity contribution is 5.39. The Labute approximate surface area is 75.6 Å². The first-order chi connectivity index (χ1) is 6.11. The van der Waals surface area contributed by atoms with Crippen LogP contribution in [0.15, 0.2) is 12.1 Å². The number of hydrogen-bond acceptors (Lipinski definition) is 1. The Kier molecular flexibility index (Phi) is 1.84. The molecule has 0 spiro atoms. The van der Waals surface area contributed by atoms with E-state index in [1.54, 1.807) is 0 Å². The van der Waals surface area contributed by atoms with Gasteiger partial charge in [-0.25, -0.2) is 8.78 Å². The molecule has 13 heavy (non-hydrogen) atoms. The topological polar surface area (TPSA) is 26.0 Å². The zero-order valence-electron chi connectivity index (χ0n) is 7.35. The molecule has 0 saturated heterocycles. The zero-order valence-corrected chi connectivity index (χ0v) is 7.35. The number of halogens is 2. The predicted octanol–water partition coefficient (Wildman–Crippen LogP) is 2.47. The molecule has 1 aliphatic rings. The van der Waals surface area contributed by atoms with Gasteiger partial charge in [-0.1, -0.05) is 6.92 Å². The molecule has 0 fully saturated rings. The van der Waals surface area contributed by atoms with Gasteiger partial charge in [0, 0.05) is 11.6 Å². The van der Waals surface area contributed by atoms with E-state index >= 15 is 0 Å². The molecule has 0 aliphatic heterocycles. The highest BCUT2D eigenvalue weighted by Crippen LogP contribution is 2.41. The van der Waals surface area contributed by atoms with Gasteiger partial charge in [0.05, 0.1) is 0 Å². The van der Waals surface area contributed by atoms with Crippen LogP contribution in [-0.4, -0.2) is 0 Å². The molecule has 0 aromatic heterocycles. The zero-order chi connectivity index (χ0) is 9.59. The molecule has 0 bridgehead atoms. The van der Waals surface area contributed by atoms with Crippen molar-refractivity contribution < 1.29 is 8.78 Å². The summed E-state index contributed by atoms with van der Waals surface area (Å²) in [6.07, 6.45) is 0.632. The standard InChI is InChI=1S/C10H11F2N/c1-5-4-8(13)10-7(12)3-2-6(11)9(5)10/h2-3,5,8H,4,13H2,1H3. The van der Waals surface area contributed by atoms with Crippen LogP contribution in [0.2, 0.25) is 0 Å². The Bertz CT molecular complexity index is 316. The minimum Gasteiger partial charge on any atom is -0.324 e. The van der Waals surface area contributed by atoms with Crippen molar-refractivity contribution in [1.29, 1.82) is 0 Å². The van der Waals surface area contributed by atoms with Crippen molar-refractivity contribution in [3.63, 3.8) is 0 Å². The lowest BCUT2D eigenvalue weighted by molar-refractivity contribution is 0.574. The van der Waals surface area contributed by atoms with E-state index in [-0.39, 0.29) is 23.6 Å². The molecule has 0 radical (unpaired) electrons. The van der Waals surface area contributed by atoms with E-state index < -0.39 is 0 Å². The summed E-state index contributed by atoms with van der Waals surface area (Å²) >= 11 is 0. The average Bonchev–Trinajstić information content (AvgIpc) is 2.36. The van der Waals surface area contributed by atoms with Crippen molar-refractivity contribution in [3.05, 3.63) is 34.9 Å². The van der Waals surface area contributed by atoms with Crippen LogP contribution in [0.25, 0.3) is 0 Å². The van der Waals surface area contributed by atoms with Gasteiger partial charge in [0.2, 0.25) is 0 Å². The Morgan fingerprint density at radius 3 is 2.31 bits per heavy atom. The van der Waals surface area contributed by atoms with Gasteiger partial charge in [0.25, 0.3) is 0 Å². The van der Waals surface area contributed by atoms with Crippen molar-refractivity contribution >= 4 is 0 Å². The second-order valence-corrected chi connectivity index (χ2v) is 3.60. The first kappa shape index (κ1) is 8.63. The van der Waals surface area contributed by atoms with Crippen LogP contribution in [0.3, 0.4) is 0 Å². The molecule has 1 aromatic carbocycles. The van der Waals surface area contributed by atoms with Crippen molar-refractivity contribution in [3.8, 4) is 0 Å². The maximum atomic E-state index is 13.3. The van der Waals surface area contributed by atoms with Gasteiger partial charge in [0.1, 0.15) is 11.6 Å². The monoisotopic (exact) mass is 183 g/mol. The minimum absolute atomic E-state index is 0.0284. The fourth-order valence-corrected chi connectivity index (χ4v) is 2.08. The van der Waals surface area contributed by atoms with Crippen molar-refractivity contribution in [1.82, 2.24) is 0 Å². The molecule has 2 atom stereocenters. The highest BCUT2D eigenvalue weighted by atomic mass is 19.1. The second kappa shape index (κ2) is 2.77. The quantitative estimate of drug-likeness (QED) is 0.657. The molecular weight excluding hydrogens is 172 g/mol. The molecule has 2 rings (SSSR count). The normalized spacial score (nSPS) is 26.2. The van der Waals surface area contributed by atoms with E-state index in [0.29, 0.717) is 17.5 Å². The van der Waals surface area contributed by atoms with Crippen LogP contribution < -0.4 is 5.73 Å². The van der Waals surface area contributed by atoms with Gasteiger partial charge >= 0.3 is 0 Å². The lowest BCUT2D eigenvalue weighted by Crippen LogP contribution is -2.07. The fraction of sp³-hybridized carbons (Fsp3) is 0.400. The van der Waals surface area contributed by atoms with Crippen molar-refractivity contribution in [2.24, 2.45) is 5.73 Å². The van der Waals surface area contributed by atoms with Crippen molar-refractivity contribution in [2.45, 2.75) is 25.3 Å². The lowest BCUT2D eigenvalue weighted by atomic mass is 10.0. The smallest absolute Gasteiger partial charge is 0.128 e. The van der Waals surface area contributed by atoms with Gasteiger partial charge < -0.3 is 5.73 Å². The first-order valence-corrected chi connectivity index (χ1v) is 4.34. The molecule has 70 valence electrons. The molecule has 2 unspecified atom stereocenters. The SMILES string of the molecule is CC1CC(N)c2c(F)ccc(F)c21. The summed E-state index contributed by atoms with van der Waals surface area (Å²) in [6.45, 7) is 1.87. The number of benzene rings is 1. The first-order valence-electron chi connectivity index (χ1n) is 4.34. The summed E-state index contributed by atoms with van der Waals surface area (Å²) in [6, 6.07) is 1.97. The summed E-state index contributed by atoms with van der Waals surface area (Å²) in [5.41, 5.74) is 6.53. The van der Waals surface area contributed by atoms with Gasteiger partial charge in [-0.15, -0.1) is 0 Å². The Morgan fingerprint density at radius 2 is 1.77 bits per heavy atom. The maximum Gasteiger partial charge on any atom is 0.128 e. The fourth-order valence-electron chi connectivity index (χ4n) is 2.08. The molecule has 1 aliphatic carbocycles. The lowest BCUT2D eigenvalue weighted by Gasteiger charge is -2.06. The van der Waals surface area contributed by atoms with Gasteiger partial charge in [-0.05, 0) is 30.0 Å². The average molecular weight is 183 g/mol. The van der Waals surface area contributed by atoms with Gasteiger partial charge in [-0.3, -0.25) is 0 Å². The van der Waals surface area contributed by atoms with Crippen LogP contribution in [0.4, 0.5) is 8.78 Å². The summed E-state index contributed by atoms with van der Waals surface area (Å²) < 4.78 is 26.5. The van der Waals surface area contributed by atoms with Crippen molar-refractivity contribution in [2.75, 3.05) is 0 Å². The Hall–Kier alpha value is -0.960. The van der Waals surface area contributed by atoms with E-state index in [0.717, 1.165) is 6.07 Å². The van der Waals surface area contributed by atoms with E-state index in [9.17, 15) is 8.78 Å². The van der Waals surface area contributed by atoms with E-state index in [4.69, 9.17) is 5.73 Å². The Balaban J connectivity index is 2.67. The summed E-state index contributed by atoms with van der Waals surface area (Å²) in [4.78, 5) is 0. The number of hydrogen-bond donors (Lipinski definition) is 1. The minimum atomic E-state index is -0.381. The highest BCUT2D eigenvalue weighted by Gasteiger charge is 2.31. The van der Waals surface area contributed by atoms with E-state index in [1.807, 2.05) is 6.92 Å². The largest absolute Gasteiger partial charge is 0.324 e. The third-order valence-corrected chi connectivity index (χ3v) is 2.65. The Morgan fingerprint density at radius 1 is 1.23 bits per heavy atom. The predicted molar refractivity (Wildman–Crippen MR) is 46.3 cm³/mol. The number of rotatable bonds is 0. The second-order valence-electron chi connectivity index (χ2n) is 3.60. The molecule has 1 nitrogen and oxygen atoms in total. The molecule has 3 heteroatoms. The van der Waals surface area contributed by atoms with Crippen LogP contribution in [0, 0.1) is 11.6 Å². The number of fused-ring (bicyclic) bond motifs is 1. The summed E-state index contributed by atoms with van der Waals surface area (Å²) in [5, 5.41) is 0. The number of nitrogens with two attached hydrogens (primary N) is 1. The van der Waals surface area contributed by atoms with Crippen LogP contribution in [-0.2, 0) is 0 Å². The molecule has 0 heterocycles. The third kappa shape index (κ3) is 1.15. The molecule has 1 aromatic rings. The van der Waals surface area contributed by atoms with Gasteiger partial charge in [-0.2, -0.15) is 0 Å².